The number of carbonyl (C=O) groups excluding carboxylic acids is 3. The Hall–Kier alpha value is -2.09. The van der Waals surface area contributed by atoms with Gasteiger partial charge in [-0.2, -0.15) is 0 Å². The quantitative estimate of drug-likeness (QED) is 0.531. The van der Waals surface area contributed by atoms with Gasteiger partial charge in [0.25, 0.3) is 0 Å². The van der Waals surface area contributed by atoms with Crippen molar-refractivity contribution >= 4 is 17.9 Å². The van der Waals surface area contributed by atoms with Crippen molar-refractivity contribution in [3.05, 3.63) is 12.7 Å². The Balaban J connectivity index is 1.67. The van der Waals surface area contributed by atoms with Crippen LogP contribution in [0.15, 0.2) is 12.7 Å². The molecule has 0 spiro atoms. The smallest absolute Gasteiger partial charge is 0.408 e. The van der Waals surface area contributed by atoms with Crippen LogP contribution in [-0.2, 0) is 14.3 Å². The first-order valence-corrected chi connectivity index (χ1v) is 11.4. The molecule has 4 atom stereocenters. The second-order valence-corrected chi connectivity index (χ2v) is 10.3. The van der Waals surface area contributed by atoms with Crippen molar-refractivity contribution < 1.29 is 24.2 Å². The lowest BCUT2D eigenvalue weighted by molar-refractivity contribution is -0.142. The Morgan fingerprint density at radius 2 is 1.90 bits per heavy atom. The second-order valence-electron chi connectivity index (χ2n) is 10.3. The summed E-state index contributed by atoms with van der Waals surface area (Å²) >= 11 is 0. The number of ether oxygens (including phenoxy) is 1. The van der Waals surface area contributed by atoms with Crippen LogP contribution in [0.25, 0.3) is 0 Å². The van der Waals surface area contributed by atoms with Crippen molar-refractivity contribution in [1.29, 1.82) is 0 Å². The normalized spacial score (nSPS) is 29.4. The van der Waals surface area contributed by atoms with Crippen LogP contribution in [0.2, 0.25) is 0 Å². The van der Waals surface area contributed by atoms with E-state index >= 15 is 0 Å². The van der Waals surface area contributed by atoms with Gasteiger partial charge < -0.3 is 25.4 Å². The first-order chi connectivity index (χ1) is 14.6. The van der Waals surface area contributed by atoms with Crippen LogP contribution in [0.3, 0.4) is 0 Å². The topological polar surface area (TPSA) is 108 Å². The van der Waals surface area contributed by atoms with Crippen LogP contribution in [0.1, 0.15) is 65.7 Å². The van der Waals surface area contributed by atoms with E-state index in [-0.39, 0.29) is 30.4 Å². The van der Waals surface area contributed by atoms with E-state index < -0.39 is 29.1 Å². The molecule has 0 aromatic rings. The van der Waals surface area contributed by atoms with Gasteiger partial charge in [-0.3, -0.25) is 9.59 Å². The molecule has 0 aromatic heterocycles. The molecular weight excluding hydrogens is 398 g/mol. The molecule has 2 unspecified atom stereocenters. The second kappa shape index (κ2) is 9.18. The van der Waals surface area contributed by atoms with Crippen LogP contribution < -0.4 is 10.6 Å². The van der Waals surface area contributed by atoms with Crippen LogP contribution in [0.5, 0.6) is 0 Å². The molecule has 3 N–H and O–H groups in total. The number of aliphatic hydroxyl groups is 1. The van der Waals surface area contributed by atoms with Gasteiger partial charge in [0.05, 0.1) is 12.1 Å². The number of hydrogen-bond acceptors (Lipinski definition) is 5. The van der Waals surface area contributed by atoms with Gasteiger partial charge in [-0.05, 0) is 50.4 Å². The zero-order valence-electron chi connectivity index (χ0n) is 19.0. The summed E-state index contributed by atoms with van der Waals surface area (Å²) in [6.07, 6.45) is 6.80. The summed E-state index contributed by atoms with van der Waals surface area (Å²) in [6.45, 7) is 9.71. The highest BCUT2D eigenvalue weighted by Gasteiger charge is 2.54. The molecule has 8 heteroatoms. The summed E-state index contributed by atoms with van der Waals surface area (Å²) in [4.78, 5) is 40.5. The number of amides is 3. The number of hydrogen-bond donors (Lipinski definition) is 3. The van der Waals surface area contributed by atoms with Gasteiger partial charge in [0.1, 0.15) is 18.2 Å². The standard InChI is InChI=1S/C23H37N3O5/c1-5-15-13-23(15,14-27)25-19(28)17-11-8-12-26(17)20(29)18(22(2,3)4)24-21(30)31-16-9-6-7-10-16/h5,15-18,27H,1,6-14H2,2-4H3,(H,24,30)(H,25,28)/t15-,17?,18?,23+/m1/s1. The number of carbonyl (C=O) groups is 3. The van der Waals surface area contributed by atoms with Crippen LogP contribution in [0.4, 0.5) is 4.79 Å². The van der Waals surface area contributed by atoms with Crippen molar-refractivity contribution in [3.8, 4) is 0 Å². The highest BCUT2D eigenvalue weighted by molar-refractivity contribution is 5.92. The number of alkyl carbamates (subject to hydrolysis) is 1. The van der Waals surface area contributed by atoms with Crippen LogP contribution >= 0.6 is 0 Å². The summed E-state index contributed by atoms with van der Waals surface area (Å²) in [5, 5.41) is 15.4. The molecular formula is C23H37N3O5. The lowest BCUT2D eigenvalue weighted by atomic mass is 9.85. The monoisotopic (exact) mass is 435 g/mol. The van der Waals surface area contributed by atoms with E-state index in [1.54, 1.807) is 11.0 Å². The van der Waals surface area contributed by atoms with Gasteiger partial charge in [0, 0.05) is 12.5 Å². The third-order valence-corrected chi connectivity index (χ3v) is 6.86. The molecule has 31 heavy (non-hydrogen) atoms. The van der Waals surface area contributed by atoms with E-state index in [0.29, 0.717) is 25.8 Å². The highest BCUT2D eigenvalue weighted by Crippen LogP contribution is 2.44. The van der Waals surface area contributed by atoms with Gasteiger partial charge in [-0.25, -0.2) is 4.79 Å². The van der Waals surface area contributed by atoms with E-state index in [4.69, 9.17) is 4.74 Å². The van der Waals surface area contributed by atoms with E-state index in [9.17, 15) is 19.5 Å². The molecule has 1 heterocycles. The maximum atomic E-state index is 13.5. The third kappa shape index (κ3) is 5.22. The number of aliphatic hydroxyl groups excluding tert-OH is 1. The van der Waals surface area contributed by atoms with Gasteiger partial charge in [0.2, 0.25) is 11.8 Å². The average Bonchev–Trinajstić information content (AvgIpc) is 3.08. The largest absolute Gasteiger partial charge is 0.446 e. The van der Waals surface area contributed by atoms with Crippen molar-refractivity contribution in [2.75, 3.05) is 13.2 Å². The maximum Gasteiger partial charge on any atom is 0.408 e. The third-order valence-electron chi connectivity index (χ3n) is 6.86. The molecule has 8 nitrogen and oxygen atoms in total. The molecule has 0 radical (unpaired) electrons. The van der Waals surface area contributed by atoms with Crippen molar-refractivity contribution in [2.45, 2.75) is 89.4 Å². The first kappa shape index (κ1) is 23.6. The Morgan fingerprint density at radius 3 is 2.45 bits per heavy atom. The number of nitrogens with zero attached hydrogens (tertiary/aromatic N) is 1. The Labute approximate surface area is 184 Å². The number of rotatable bonds is 7. The molecule has 1 aliphatic heterocycles. The fourth-order valence-electron chi connectivity index (χ4n) is 4.76. The Morgan fingerprint density at radius 1 is 1.23 bits per heavy atom. The summed E-state index contributed by atoms with van der Waals surface area (Å²) < 4.78 is 5.50. The Kier molecular flexibility index (Phi) is 6.98. The minimum Gasteiger partial charge on any atom is -0.446 e. The van der Waals surface area contributed by atoms with Gasteiger partial charge in [-0.1, -0.05) is 26.8 Å². The average molecular weight is 436 g/mol. The fourth-order valence-corrected chi connectivity index (χ4v) is 4.76. The summed E-state index contributed by atoms with van der Waals surface area (Å²) in [5.74, 6) is -0.491. The number of nitrogens with one attached hydrogen (secondary N) is 2. The van der Waals surface area contributed by atoms with Crippen molar-refractivity contribution in [2.24, 2.45) is 11.3 Å². The van der Waals surface area contributed by atoms with Crippen molar-refractivity contribution in [1.82, 2.24) is 15.5 Å². The summed E-state index contributed by atoms with van der Waals surface area (Å²) in [5.41, 5.74) is -1.21. The molecule has 0 bridgehead atoms. The lowest BCUT2D eigenvalue weighted by Gasteiger charge is -2.35. The molecule has 3 fully saturated rings. The van der Waals surface area contributed by atoms with E-state index in [2.05, 4.69) is 17.2 Å². The maximum absolute atomic E-state index is 13.5. The predicted molar refractivity (Wildman–Crippen MR) is 116 cm³/mol. The summed E-state index contributed by atoms with van der Waals surface area (Å²) in [6, 6.07) is -1.41. The van der Waals surface area contributed by atoms with Crippen LogP contribution in [-0.4, -0.2) is 64.8 Å². The molecule has 2 aliphatic carbocycles. The van der Waals surface area contributed by atoms with E-state index in [0.717, 1.165) is 25.7 Å². The molecule has 3 aliphatic rings. The lowest BCUT2D eigenvalue weighted by Crippen LogP contribution is -2.59. The zero-order chi connectivity index (χ0) is 22.8. The van der Waals surface area contributed by atoms with Gasteiger partial charge >= 0.3 is 6.09 Å². The molecule has 2 saturated carbocycles. The van der Waals surface area contributed by atoms with E-state index in [1.165, 1.54) is 0 Å². The molecule has 174 valence electrons. The molecule has 3 amide bonds. The fraction of sp³-hybridized carbons (Fsp3) is 0.783. The summed E-state index contributed by atoms with van der Waals surface area (Å²) in [7, 11) is 0. The first-order valence-electron chi connectivity index (χ1n) is 11.4. The SMILES string of the molecule is C=C[C@@H]1C[C@@]1(CO)NC(=O)C1CCCN1C(=O)C(NC(=O)OC1CCCC1)C(C)(C)C. The zero-order valence-corrected chi connectivity index (χ0v) is 19.0. The molecule has 3 rings (SSSR count). The number of likely N-dealkylation sites (tertiary alicyclic amines) is 1. The minimum atomic E-state index is -0.802. The molecule has 0 aromatic carbocycles. The highest BCUT2D eigenvalue weighted by atomic mass is 16.6. The molecule has 1 saturated heterocycles. The van der Waals surface area contributed by atoms with Gasteiger partial charge in [0.15, 0.2) is 0 Å². The minimum absolute atomic E-state index is 0.0429. The van der Waals surface area contributed by atoms with E-state index in [1.807, 2.05) is 20.8 Å². The predicted octanol–water partition coefficient (Wildman–Crippen LogP) is 2.11. The Bertz CT molecular complexity index is 712. The van der Waals surface area contributed by atoms with Crippen LogP contribution in [0, 0.1) is 11.3 Å². The van der Waals surface area contributed by atoms with Crippen molar-refractivity contribution in [3.63, 3.8) is 0 Å². The van der Waals surface area contributed by atoms with Gasteiger partial charge in [-0.15, -0.1) is 6.58 Å².